The van der Waals surface area contributed by atoms with Crippen molar-refractivity contribution in [2.45, 2.75) is 63.9 Å². The number of esters is 3. The van der Waals surface area contributed by atoms with Crippen LogP contribution in [0.4, 0.5) is 0 Å². The Balaban J connectivity index is 1.56. The Bertz CT molecular complexity index is 1560. The SMILES string of the molecule is COC(=O)c1ccc(-c2ccc([C@H]3CC(=O)Oc4cc5c(c(OC)c43)C(=O)O[C@H](C)CCCC(=O)CCCC=C5)o2)cc1. The number of carbonyl (C=O) groups is 4. The van der Waals surface area contributed by atoms with Gasteiger partial charge in [0.2, 0.25) is 0 Å². The van der Waals surface area contributed by atoms with E-state index in [2.05, 4.69) is 0 Å². The quantitative estimate of drug-likeness (QED) is 0.244. The van der Waals surface area contributed by atoms with Gasteiger partial charge in [-0.3, -0.25) is 9.59 Å². The third-order valence-electron chi connectivity index (χ3n) is 7.72. The number of carbonyl (C=O) groups excluding carboxylic acids is 4. The van der Waals surface area contributed by atoms with Crippen molar-refractivity contribution < 1.29 is 42.5 Å². The molecular formula is C34H34O9. The van der Waals surface area contributed by atoms with Crippen LogP contribution in [0.3, 0.4) is 0 Å². The maximum Gasteiger partial charge on any atom is 0.342 e. The molecule has 9 nitrogen and oxygen atoms in total. The van der Waals surface area contributed by atoms with Crippen molar-refractivity contribution >= 4 is 29.8 Å². The predicted molar refractivity (Wildman–Crippen MR) is 157 cm³/mol. The van der Waals surface area contributed by atoms with Gasteiger partial charge in [0, 0.05) is 24.0 Å². The molecule has 0 spiro atoms. The van der Waals surface area contributed by atoms with Crippen molar-refractivity contribution in [3.05, 3.63) is 76.6 Å². The number of hydrogen-bond donors (Lipinski definition) is 0. The molecule has 9 heteroatoms. The van der Waals surface area contributed by atoms with Gasteiger partial charge in [-0.1, -0.05) is 24.3 Å². The lowest BCUT2D eigenvalue weighted by molar-refractivity contribution is -0.135. The second-order valence-electron chi connectivity index (χ2n) is 10.7. The van der Waals surface area contributed by atoms with Crippen LogP contribution in [-0.4, -0.2) is 44.0 Å². The zero-order valence-electron chi connectivity index (χ0n) is 24.5. The van der Waals surface area contributed by atoms with Crippen LogP contribution in [-0.2, 0) is 19.1 Å². The number of rotatable bonds is 4. The molecule has 2 atom stereocenters. The molecule has 0 saturated carbocycles. The first-order valence-electron chi connectivity index (χ1n) is 14.4. The molecule has 0 aliphatic carbocycles. The van der Waals surface area contributed by atoms with Crippen molar-refractivity contribution in [1.29, 1.82) is 0 Å². The average Bonchev–Trinajstić information content (AvgIpc) is 3.49. The zero-order chi connectivity index (χ0) is 30.5. The van der Waals surface area contributed by atoms with Gasteiger partial charge < -0.3 is 23.4 Å². The summed E-state index contributed by atoms with van der Waals surface area (Å²) in [6.45, 7) is 1.81. The number of Topliss-reactive ketones (excluding diaryl/α,β-unsaturated/α-hetero) is 1. The molecule has 224 valence electrons. The normalized spacial score (nSPS) is 19.4. The van der Waals surface area contributed by atoms with Crippen LogP contribution in [0, 0.1) is 0 Å². The van der Waals surface area contributed by atoms with Gasteiger partial charge in [-0.25, -0.2) is 9.59 Å². The predicted octanol–water partition coefficient (Wildman–Crippen LogP) is 6.66. The van der Waals surface area contributed by atoms with E-state index in [1.807, 2.05) is 6.08 Å². The molecule has 2 aliphatic rings. The number of ketones is 1. The summed E-state index contributed by atoms with van der Waals surface area (Å²) in [6, 6.07) is 12.0. The molecule has 0 amide bonds. The first-order chi connectivity index (χ1) is 20.8. The average molecular weight is 587 g/mol. The Hall–Kier alpha value is -4.66. The largest absolute Gasteiger partial charge is 0.495 e. The van der Waals surface area contributed by atoms with Gasteiger partial charge in [-0.2, -0.15) is 0 Å². The van der Waals surface area contributed by atoms with E-state index < -0.39 is 29.9 Å². The monoisotopic (exact) mass is 586 g/mol. The summed E-state index contributed by atoms with van der Waals surface area (Å²) in [6.07, 6.45) is 6.76. The molecule has 0 radical (unpaired) electrons. The topological polar surface area (TPSA) is 118 Å². The Kier molecular flexibility index (Phi) is 9.09. The molecule has 2 aliphatic heterocycles. The van der Waals surface area contributed by atoms with Gasteiger partial charge in [0.15, 0.2) is 0 Å². The lowest BCUT2D eigenvalue weighted by atomic mass is 9.86. The highest BCUT2D eigenvalue weighted by molar-refractivity contribution is 5.99. The molecule has 2 aromatic carbocycles. The molecule has 43 heavy (non-hydrogen) atoms. The van der Waals surface area contributed by atoms with Gasteiger partial charge in [-0.05, 0) is 68.5 Å². The summed E-state index contributed by atoms with van der Waals surface area (Å²) >= 11 is 0. The molecule has 0 bridgehead atoms. The van der Waals surface area contributed by atoms with E-state index in [4.69, 9.17) is 23.4 Å². The van der Waals surface area contributed by atoms with Crippen LogP contribution in [0.5, 0.6) is 11.5 Å². The van der Waals surface area contributed by atoms with Crippen molar-refractivity contribution in [2.75, 3.05) is 14.2 Å². The van der Waals surface area contributed by atoms with Gasteiger partial charge in [0.25, 0.3) is 0 Å². The van der Waals surface area contributed by atoms with E-state index in [9.17, 15) is 19.2 Å². The summed E-state index contributed by atoms with van der Waals surface area (Å²) in [5, 5.41) is 0. The van der Waals surface area contributed by atoms with E-state index in [1.54, 1.807) is 55.5 Å². The van der Waals surface area contributed by atoms with E-state index in [0.29, 0.717) is 66.7 Å². The van der Waals surface area contributed by atoms with Crippen LogP contribution in [0.2, 0.25) is 0 Å². The molecule has 0 fully saturated rings. The second-order valence-corrected chi connectivity index (χ2v) is 10.7. The van der Waals surface area contributed by atoms with Gasteiger partial charge in [-0.15, -0.1) is 0 Å². The summed E-state index contributed by atoms with van der Waals surface area (Å²) in [4.78, 5) is 50.4. The standard InChI is InChI=1S/C34H34O9/c1-20-8-7-11-24(35)10-6-4-5-9-23-18-28-31(32(39-2)30(23)34(38)41-20)25(19-29(36)43-28)27-17-16-26(42-27)21-12-14-22(15-13-21)33(37)40-3/h5,9,12-18,20,25H,4,6-8,10-11,19H2,1-3H3/t20-,25-/m1/s1. The lowest BCUT2D eigenvalue weighted by Crippen LogP contribution is -2.24. The summed E-state index contributed by atoms with van der Waals surface area (Å²) in [5.74, 6) is -0.257. The lowest BCUT2D eigenvalue weighted by Gasteiger charge is -2.27. The molecule has 1 aromatic heterocycles. The van der Waals surface area contributed by atoms with Crippen molar-refractivity contribution in [3.8, 4) is 22.8 Å². The van der Waals surface area contributed by atoms with E-state index in [1.165, 1.54) is 14.2 Å². The highest BCUT2D eigenvalue weighted by Crippen LogP contribution is 2.48. The highest BCUT2D eigenvalue weighted by atomic mass is 16.6. The molecule has 5 rings (SSSR count). The minimum absolute atomic E-state index is 0.0221. The minimum Gasteiger partial charge on any atom is -0.495 e. The molecule has 0 N–H and O–H groups in total. The number of benzene rings is 2. The number of cyclic esters (lactones) is 1. The first kappa shape index (κ1) is 29.8. The molecule has 3 heterocycles. The number of allylic oxidation sites excluding steroid dienone is 1. The zero-order valence-corrected chi connectivity index (χ0v) is 24.5. The van der Waals surface area contributed by atoms with Gasteiger partial charge in [0.05, 0.1) is 38.2 Å². The molecular weight excluding hydrogens is 552 g/mol. The fourth-order valence-corrected chi connectivity index (χ4v) is 5.54. The Labute approximate surface area is 249 Å². The van der Waals surface area contributed by atoms with Crippen LogP contribution in [0.25, 0.3) is 17.4 Å². The van der Waals surface area contributed by atoms with Gasteiger partial charge >= 0.3 is 17.9 Å². The minimum atomic E-state index is -0.590. The maximum absolute atomic E-state index is 13.6. The number of fused-ring (bicyclic) bond motifs is 2. The summed E-state index contributed by atoms with van der Waals surface area (Å²) in [5.41, 5.74) is 2.41. The molecule has 3 aromatic rings. The third-order valence-corrected chi connectivity index (χ3v) is 7.72. The Morgan fingerprint density at radius 2 is 1.74 bits per heavy atom. The molecule has 0 unspecified atom stereocenters. The second kappa shape index (κ2) is 13.1. The van der Waals surface area contributed by atoms with Crippen LogP contribution >= 0.6 is 0 Å². The summed E-state index contributed by atoms with van der Waals surface area (Å²) in [7, 11) is 2.79. The fraction of sp³-hybridized carbons (Fsp3) is 0.353. The van der Waals surface area contributed by atoms with Crippen LogP contribution in [0.1, 0.15) is 95.4 Å². The van der Waals surface area contributed by atoms with Gasteiger partial charge in [0.1, 0.15) is 34.4 Å². The van der Waals surface area contributed by atoms with E-state index in [0.717, 1.165) is 5.56 Å². The van der Waals surface area contributed by atoms with Crippen molar-refractivity contribution in [3.63, 3.8) is 0 Å². The third kappa shape index (κ3) is 6.56. The van der Waals surface area contributed by atoms with Crippen LogP contribution < -0.4 is 9.47 Å². The highest BCUT2D eigenvalue weighted by Gasteiger charge is 2.37. The Morgan fingerprint density at radius 3 is 2.49 bits per heavy atom. The van der Waals surface area contributed by atoms with E-state index in [-0.39, 0.29) is 29.3 Å². The first-order valence-corrected chi connectivity index (χ1v) is 14.4. The van der Waals surface area contributed by atoms with Crippen LogP contribution in [0.15, 0.2) is 53.0 Å². The number of hydrogen-bond acceptors (Lipinski definition) is 9. The number of furan rings is 1. The van der Waals surface area contributed by atoms with Crippen molar-refractivity contribution in [2.24, 2.45) is 0 Å². The summed E-state index contributed by atoms with van der Waals surface area (Å²) < 4.78 is 28.4. The Morgan fingerprint density at radius 1 is 0.977 bits per heavy atom. The van der Waals surface area contributed by atoms with Crippen molar-refractivity contribution in [1.82, 2.24) is 0 Å². The fourth-order valence-electron chi connectivity index (χ4n) is 5.54. The number of ether oxygens (including phenoxy) is 4. The number of methoxy groups -OCH3 is 2. The smallest absolute Gasteiger partial charge is 0.342 e. The van der Waals surface area contributed by atoms with E-state index >= 15 is 0 Å². The maximum atomic E-state index is 13.6. The molecule has 0 saturated heterocycles.